The van der Waals surface area contributed by atoms with E-state index in [0.717, 1.165) is 22.0 Å². The standard InChI is InChI=1S/C22H19FN4OS2/c1-26(14-16-9-11-17(23)12-10-16)20(28)15-30-22-25-24-21(19-8-5-13-29-19)27(22)18-6-3-2-4-7-18/h2-13H,14-15H2,1H3. The molecule has 0 aliphatic carbocycles. The molecule has 0 saturated carbocycles. The molecule has 0 spiro atoms. The summed E-state index contributed by atoms with van der Waals surface area (Å²) in [6.07, 6.45) is 0. The Balaban J connectivity index is 1.50. The van der Waals surface area contributed by atoms with E-state index in [9.17, 15) is 9.18 Å². The van der Waals surface area contributed by atoms with Crippen LogP contribution < -0.4 is 0 Å². The van der Waals surface area contributed by atoms with Crippen molar-refractivity contribution in [3.05, 3.63) is 83.5 Å². The van der Waals surface area contributed by atoms with Gasteiger partial charge >= 0.3 is 0 Å². The zero-order valence-corrected chi connectivity index (χ0v) is 17.9. The highest BCUT2D eigenvalue weighted by Crippen LogP contribution is 2.30. The molecular formula is C22H19FN4OS2. The molecular weight excluding hydrogens is 419 g/mol. The SMILES string of the molecule is CN(Cc1ccc(F)cc1)C(=O)CSc1nnc(-c2cccs2)n1-c1ccccc1. The number of thiophene rings is 1. The third-order valence-corrected chi connectivity index (χ3v) is 6.25. The van der Waals surface area contributed by atoms with Crippen LogP contribution >= 0.6 is 23.1 Å². The molecule has 0 N–H and O–H groups in total. The van der Waals surface area contributed by atoms with Crippen molar-refractivity contribution in [2.24, 2.45) is 0 Å². The molecule has 2 heterocycles. The van der Waals surface area contributed by atoms with Crippen LogP contribution in [0.25, 0.3) is 16.4 Å². The normalized spacial score (nSPS) is 10.9. The monoisotopic (exact) mass is 438 g/mol. The van der Waals surface area contributed by atoms with E-state index in [1.165, 1.54) is 23.9 Å². The first kappa shape index (κ1) is 20.3. The maximum absolute atomic E-state index is 13.1. The molecule has 0 atom stereocenters. The van der Waals surface area contributed by atoms with E-state index in [0.29, 0.717) is 11.7 Å². The Morgan fingerprint density at radius 3 is 2.53 bits per heavy atom. The number of nitrogens with zero attached hydrogens (tertiary/aromatic N) is 4. The van der Waals surface area contributed by atoms with E-state index in [2.05, 4.69) is 10.2 Å². The summed E-state index contributed by atoms with van der Waals surface area (Å²) in [6.45, 7) is 0.422. The lowest BCUT2D eigenvalue weighted by atomic mass is 10.2. The van der Waals surface area contributed by atoms with Crippen LogP contribution in [0.2, 0.25) is 0 Å². The fourth-order valence-electron chi connectivity index (χ4n) is 2.93. The molecule has 0 aliphatic heterocycles. The number of para-hydroxylation sites is 1. The number of hydrogen-bond acceptors (Lipinski definition) is 5. The number of benzene rings is 2. The molecule has 30 heavy (non-hydrogen) atoms. The average molecular weight is 439 g/mol. The predicted molar refractivity (Wildman–Crippen MR) is 118 cm³/mol. The molecule has 5 nitrogen and oxygen atoms in total. The maximum Gasteiger partial charge on any atom is 0.233 e. The Kier molecular flexibility index (Phi) is 6.25. The van der Waals surface area contributed by atoms with Crippen molar-refractivity contribution >= 4 is 29.0 Å². The van der Waals surface area contributed by atoms with Crippen molar-refractivity contribution < 1.29 is 9.18 Å². The zero-order valence-electron chi connectivity index (χ0n) is 16.2. The van der Waals surface area contributed by atoms with Gasteiger partial charge in [0.05, 0.1) is 10.6 Å². The molecule has 0 radical (unpaired) electrons. The summed E-state index contributed by atoms with van der Waals surface area (Å²) in [5.41, 5.74) is 1.82. The largest absolute Gasteiger partial charge is 0.341 e. The molecule has 8 heteroatoms. The molecule has 2 aromatic heterocycles. The second kappa shape index (κ2) is 9.23. The summed E-state index contributed by atoms with van der Waals surface area (Å²) in [5.74, 6) is 0.660. The quantitative estimate of drug-likeness (QED) is 0.386. The topological polar surface area (TPSA) is 51.0 Å². The third-order valence-electron chi connectivity index (χ3n) is 4.47. The number of amides is 1. The van der Waals surface area contributed by atoms with Gasteiger partial charge in [0, 0.05) is 19.3 Å². The summed E-state index contributed by atoms with van der Waals surface area (Å²) >= 11 is 2.95. The van der Waals surface area contributed by atoms with Crippen molar-refractivity contribution in [1.82, 2.24) is 19.7 Å². The van der Waals surface area contributed by atoms with Crippen LogP contribution in [0.5, 0.6) is 0 Å². The minimum absolute atomic E-state index is 0.0374. The second-order valence-electron chi connectivity index (χ2n) is 6.62. The van der Waals surface area contributed by atoms with Gasteiger partial charge in [-0.05, 0) is 41.3 Å². The van der Waals surface area contributed by atoms with Gasteiger partial charge in [-0.1, -0.05) is 48.2 Å². The van der Waals surface area contributed by atoms with Crippen molar-refractivity contribution in [3.8, 4) is 16.4 Å². The van der Waals surface area contributed by atoms with Crippen molar-refractivity contribution in [3.63, 3.8) is 0 Å². The second-order valence-corrected chi connectivity index (χ2v) is 8.51. The van der Waals surface area contributed by atoms with Crippen LogP contribution in [0.3, 0.4) is 0 Å². The van der Waals surface area contributed by atoms with Crippen molar-refractivity contribution in [1.29, 1.82) is 0 Å². The van der Waals surface area contributed by atoms with Crippen molar-refractivity contribution in [2.45, 2.75) is 11.7 Å². The lowest BCUT2D eigenvalue weighted by Crippen LogP contribution is -2.27. The van der Waals surface area contributed by atoms with E-state index < -0.39 is 0 Å². The number of carbonyl (C=O) groups is 1. The zero-order chi connectivity index (χ0) is 20.9. The predicted octanol–water partition coefficient (Wildman–Crippen LogP) is 4.89. The van der Waals surface area contributed by atoms with Crippen LogP contribution in [0.1, 0.15) is 5.56 Å². The number of aromatic nitrogens is 3. The van der Waals surface area contributed by atoms with Crippen LogP contribution in [0.4, 0.5) is 4.39 Å². The van der Waals surface area contributed by atoms with Crippen LogP contribution in [0, 0.1) is 5.82 Å². The molecule has 4 aromatic rings. The van der Waals surface area contributed by atoms with Crippen LogP contribution in [0.15, 0.2) is 77.3 Å². The molecule has 0 aliphatic rings. The number of hydrogen-bond donors (Lipinski definition) is 0. The molecule has 152 valence electrons. The Morgan fingerprint density at radius 2 is 1.83 bits per heavy atom. The van der Waals surface area contributed by atoms with Gasteiger partial charge in [-0.3, -0.25) is 9.36 Å². The van der Waals surface area contributed by atoms with Gasteiger partial charge in [0.1, 0.15) is 5.82 Å². The smallest absolute Gasteiger partial charge is 0.233 e. The molecule has 2 aromatic carbocycles. The minimum atomic E-state index is -0.287. The summed E-state index contributed by atoms with van der Waals surface area (Å²) in [6, 6.07) is 20.0. The Morgan fingerprint density at radius 1 is 1.07 bits per heavy atom. The maximum atomic E-state index is 13.1. The first-order valence-electron chi connectivity index (χ1n) is 9.28. The van der Waals surface area contributed by atoms with E-state index in [1.807, 2.05) is 52.4 Å². The molecule has 0 unspecified atom stereocenters. The number of rotatable bonds is 7. The van der Waals surface area contributed by atoms with Gasteiger partial charge < -0.3 is 4.90 Å². The van der Waals surface area contributed by atoms with E-state index in [4.69, 9.17) is 0 Å². The van der Waals surface area contributed by atoms with Crippen LogP contribution in [-0.4, -0.2) is 38.4 Å². The number of carbonyl (C=O) groups excluding carboxylic acids is 1. The average Bonchev–Trinajstić information content (AvgIpc) is 3.44. The van der Waals surface area contributed by atoms with E-state index >= 15 is 0 Å². The van der Waals surface area contributed by atoms with Gasteiger partial charge in [0.15, 0.2) is 11.0 Å². The summed E-state index contributed by atoms with van der Waals surface area (Å²) < 4.78 is 15.1. The Hall–Kier alpha value is -2.97. The van der Waals surface area contributed by atoms with Gasteiger partial charge in [-0.2, -0.15) is 0 Å². The third kappa shape index (κ3) is 4.60. The molecule has 4 rings (SSSR count). The summed E-state index contributed by atoms with van der Waals surface area (Å²) in [4.78, 5) is 15.3. The van der Waals surface area contributed by atoms with Gasteiger partial charge in [-0.15, -0.1) is 21.5 Å². The van der Waals surface area contributed by atoms with E-state index in [1.54, 1.807) is 35.4 Å². The van der Waals surface area contributed by atoms with Crippen LogP contribution in [-0.2, 0) is 11.3 Å². The first-order chi connectivity index (χ1) is 14.6. The lowest BCUT2D eigenvalue weighted by molar-refractivity contribution is -0.127. The Bertz CT molecular complexity index is 1110. The highest BCUT2D eigenvalue weighted by atomic mass is 32.2. The molecule has 1 amide bonds. The van der Waals surface area contributed by atoms with E-state index in [-0.39, 0.29) is 17.5 Å². The molecule has 0 fully saturated rings. The van der Waals surface area contributed by atoms with Gasteiger partial charge in [0.2, 0.25) is 5.91 Å². The lowest BCUT2D eigenvalue weighted by Gasteiger charge is -2.17. The number of thioether (sulfide) groups is 1. The highest BCUT2D eigenvalue weighted by Gasteiger charge is 2.19. The molecule has 0 bridgehead atoms. The summed E-state index contributed by atoms with van der Waals surface area (Å²) in [7, 11) is 1.74. The fourth-order valence-corrected chi connectivity index (χ4v) is 4.52. The minimum Gasteiger partial charge on any atom is -0.341 e. The Labute approximate surface area is 182 Å². The fraction of sp³-hybridized carbons (Fsp3) is 0.136. The number of halogens is 1. The van der Waals surface area contributed by atoms with Gasteiger partial charge in [0.25, 0.3) is 0 Å². The van der Waals surface area contributed by atoms with Gasteiger partial charge in [-0.25, -0.2) is 4.39 Å². The highest BCUT2D eigenvalue weighted by molar-refractivity contribution is 7.99. The molecule has 0 saturated heterocycles. The summed E-state index contributed by atoms with van der Waals surface area (Å²) in [5, 5.41) is 11.4. The van der Waals surface area contributed by atoms with Crippen molar-refractivity contribution in [2.75, 3.05) is 12.8 Å². The first-order valence-corrected chi connectivity index (χ1v) is 11.1.